The molecule has 2 nitrogen and oxygen atoms in total. The van der Waals surface area contributed by atoms with Gasteiger partial charge in [0.15, 0.2) is 0 Å². The summed E-state index contributed by atoms with van der Waals surface area (Å²) < 4.78 is 10.5. The van der Waals surface area contributed by atoms with Gasteiger partial charge in [0.25, 0.3) is 0 Å². The van der Waals surface area contributed by atoms with E-state index < -0.39 is 8.93 Å². The molecule has 0 aromatic rings. The predicted molar refractivity (Wildman–Crippen MR) is 88.4 cm³/mol. The number of unbranched alkanes of at least 4 members (excludes halogenated alkanes) is 14. The van der Waals surface area contributed by atoms with E-state index in [9.17, 15) is 4.46 Å². The smallest absolute Gasteiger partial charge is 0.499 e. The van der Waals surface area contributed by atoms with E-state index >= 15 is 0 Å². The van der Waals surface area contributed by atoms with Crippen LogP contribution in [0.3, 0.4) is 0 Å². The normalized spacial score (nSPS) is 10.8. The molecule has 0 fully saturated rings. The Hall–Kier alpha value is -0.183. The van der Waals surface area contributed by atoms with E-state index in [0.717, 1.165) is 12.8 Å². The number of rotatable bonds is 16. The maximum absolute atomic E-state index is 10.5. The summed E-state index contributed by atoms with van der Waals surface area (Å²) in [6.07, 6.45) is 20.1. The quantitative estimate of drug-likeness (QED) is 0.290. The second-order valence-electron chi connectivity index (χ2n) is 6.09. The minimum absolute atomic E-state index is 0.531. The summed E-state index contributed by atoms with van der Waals surface area (Å²) in [7, 11) is -2.20. The maximum Gasteiger partial charge on any atom is 0.499 e. The van der Waals surface area contributed by atoms with Crippen LogP contribution in [-0.4, -0.2) is 13.7 Å². The Morgan fingerprint density at radius 3 is 1.20 bits per heavy atom. The Kier molecular flexibility index (Phi) is 16.7. The van der Waals surface area contributed by atoms with Gasteiger partial charge in [0.05, 0.1) is 0 Å². The van der Waals surface area contributed by atoms with Crippen molar-refractivity contribution in [3.05, 3.63) is 0 Å². The van der Waals surface area contributed by atoms with Crippen LogP contribution >= 0.6 is 0 Å². The molecule has 0 radical (unpaired) electrons. The first kappa shape index (κ1) is 19.8. The molecule has 0 aromatic carbocycles. The topological polar surface area (TPSA) is 37.3 Å². The SMILES string of the molecule is CCCCCCCCCCCCCCCCC[Si](=O)O. The minimum Gasteiger partial charge on any atom is -0.540 e. The van der Waals surface area contributed by atoms with E-state index in [-0.39, 0.29) is 0 Å². The molecule has 0 aromatic heterocycles. The predicted octanol–water partition coefficient (Wildman–Crippen LogP) is 5.77. The monoisotopic (exact) mass is 300 g/mol. The van der Waals surface area contributed by atoms with Gasteiger partial charge in [-0.3, -0.25) is 0 Å². The van der Waals surface area contributed by atoms with Gasteiger partial charge in [0.1, 0.15) is 0 Å². The Morgan fingerprint density at radius 2 is 0.900 bits per heavy atom. The summed E-state index contributed by atoms with van der Waals surface area (Å²) >= 11 is 0. The molecular weight excluding hydrogens is 264 g/mol. The highest BCUT2D eigenvalue weighted by atomic mass is 28.3. The Balaban J connectivity index is 2.94. The van der Waals surface area contributed by atoms with Crippen LogP contribution in [0.4, 0.5) is 0 Å². The minimum atomic E-state index is -2.20. The fourth-order valence-electron chi connectivity index (χ4n) is 2.65. The van der Waals surface area contributed by atoms with Gasteiger partial charge in [-0.25, -0.2) is 0 Å². The molecule has 120 valence electrons. The van der Waals surface area contributed by atoms with Gasteiger partial charge < -0.3 is 9.26 Å². The fraction of sp³-hybridized carbons (Fsp3) is 1.00. The summed E-state index contributed by atoms with van der Waals surface area (Å²) in [4.78, 5) is 8.70. The third kappa shape index (κ3) is 17.8. The average Bonchev–Trinajstić information content (AvgIpc) is 2.43. The molecule has 0 bridgehead atoms. The lowest BCUT2D eigenvalue weighted by Crippen LogP contribution is -1.95. The van der Waals surface area contributed by atoms with Crippen LogP contribution in [0.15, 0.2) is 0 Å². The van der Waals surface area contributed by atoms with E-state index in [0.29, 0.717) is 6.04 Å². The molecule has 3 heteroatoms. The van der Waals surface area contributed by atoms with Crippen LogP contribution in [0.1, 0.15) is 103 Å². The highest BCUT2D eigenvalue weighted by Gasteiger charge is 2.00. The van der Waals surface area contributed by atoms with Crippen molar-refractivity contribution in [2.45, 2.75) is 109 Å². The average molecular weight is 301 g/mol. The van der Waals surface area contributed by atoms with Crippen LogP contribution < -0.4 is 0 Å². The lowest BCUT2D eigenvalue weighted by atomic mass is 10.0. The molecule has 0 aliphatic rings. The van der Waals surface area contributed by atoms with Gasteiger partial charge in [0, 0.05) is 6.04 Å². The summed E-state index contributed by atoms with van der Waals surface area (Å²) in [5.41, 5.74) is 0. The van der Waals surface area contributed by atoms with Crippen LogP contribution in [0.25, 0.3) is 0 Å². The van der Waals surface area contributed by atoms with Gasteiger partial charge in [-0.2, -0.15) is 0 Å². The fourth-order valence-corrected chi connectivity index (χ4v) is 3.20. The third-order valence-electron chi connectivity index (χ3n) is 3.99. The van der Waals surface area contributed by atoms with Crippen LogP contribution in [0.2, 0.25) is 6.04 Å². The first-order valence-electron chi connectivity index (χ1n) is 8.99. The van der Waals surface area contributed by atoms with Gasteiger partial charge >= 0.3 is 8.93 Å². The maximum atomic E-state index is 10.5. The number of hydrogen-bond acceptors (Lipinski definition) is 1. The molecule has 0 atom stereocenters. The summed E-state index contributed by atoms with van der Waals surface area (Å²) in [5, 5.41) is 0. The van der Waals surface area contributed by atoms with Gasteiger partial charge in [-0.15, -0.1) is 0 Å². The standard InChI is InChI=1S/C17H36O2Si/c1-2-3-4-5-6-7-8-9-10-11-12-13-14-15-16-17-20(18)19/h18H,2-17H2,1H3. The first-order chi connectivity index (χ1) is 9.77. The highest BCUT2D eigenvalue weighted by Crippen LogP contribution is 2.13. The van der Waals surface area contributed by atoms with E-state index in [2.05, 4.69) is 6.92 Å². The largest absolute Gasteiger partial charge is 0.540 e. The zero-order valence-corrected chi connectivity index (χ0v) is 14.7. The van der Waals surface area contributed by atoms with E-state index in [4.69, 9.17) is 4.80 Å². The van der Waals surface area contributed by atoms with Gasteiger partial charge in [-0.1, -0.05) is 96.8 Å². The molecule has 0 aliphatic heterocycles. The second-order valence-corrected chi connectivity index (χ2v) is 7.38. The zero-order chi connectivity index (χ0) is 14.9. The molecule has 20 heavy (non-hydrogen) atoms. The van der Waals surface area contributed by atoms with Gasteiger partial charge in [-0.05, 0) is 6.42 Å². The van der Waals surface area contributed by atoms with Crippen LogP contribution in [0.5, 0.6) is 0 Å². The summed E-state index contributed by atoms with van der Waals surface area (Å²) in [5.74, 6) is 0. The molecule has 0 spiro atoms. The third-order valence-corrected chi connectivity index (χ3v) is 4.78. The highest BCUT2D eigenvalue weighted by molar-refractivity contribution is 6.32. The first-order valence-corrected chi connectivity index (χ1v) is 10.6. The lowest BCUT2D eigenvalue weighted by Gasteiger charge is -2.03. The molecule has 0 saturated heterocycles. The van der Waals surface area contributed by atoms with Crippen molar-refractivity contribution in [1.29, 1.82) is 0 Å². The van der Waals surface area contributed by atoms with E-state index in [1.165, 1.54) is 83.5 Å². The molecule has 0 rings (SSSR count). The molecule has 0 amide bonds. The van der Waals surface area contributed by atoms with Crippen molar-refractivity contribution >= 4 is 8.93 Å². The van der Waals surface area contributed by atoms with Gasteiger partial charge in [0.2, 0.25) is 0 Å². The molecular formula is C17H36O2Si. The Morgan fingerprint density at radius 1 is 0.600 bits per heavy atom. The molecule has 1 N–H and O–H groups in total. The molecule has 0 heterocycles. The van der Waals surface area contributed by atoms with Crippen molar-refractivity contribution in [2.75, 3.05) is 0 Å². The van der Waals surface area contributed by atoms with E-state index in [1.807, 2.05) is 0 Å². The van der Waals surface area contributed by atoms with Crippen molar-refractivity contribution in [3.63, 3.8) is 0 Å². The summed E-state index contributed by atoms with van der Waals surface area (Å²) in [6, 6.07) is 0.531. The molecule has 0 unspecified atom stereocenters. The lowest BCUT2D eigenvalue weighted by molar-refractivity contribution is 0.441. The zero-order valence-electron chi connectivity index (χ0n) is 13.7. The van der Waals surface area contributed by atoms with Crippen molar-refractivity contribution < 1.29 is 9.26 Å². The van der Waals surface area contributed by atoms with Crippen LogP contribution in [0, 0.1) is 0 Å². The van der Waals surface area contributed by atoms with Crippen molar-refractivity contribution in [2.24, 2.45) is 0 Å². The Labute approximate surface area is 128 Å². The summed E-state index contributed by atoms with van der Waals surface area (Å²) in [6.45, 7) is 2.27. The second kappa shape index (κ2) is 16.9. The molecule has 0 aliphatic carbocycles. The molecule has 0 saturated carbocycles. The Bertz CT molecular complexity index is 207. The van der Waals surface area contributed by atoms with E-state index in [1.54, 1.807) is 0 Å². The number of hydrogen-bond donors (Lipinski definition) is 1. The van der Waals surface area contributed by atoms with Crippen molar-refractivity contribution in [3.8, 4) is 0 Å². The van der Waals surface area contributed by atoms with Crippen molar-refractivity contribution in [1.82, 2.24) is 0 Å². The van der Waals surface area contributed by atoms with Crippen LogP contribution in [-0.2, 0) is 4.46 Å².